The molecule has 1 N–H and O–H groups in total. The van der Waals surface area contributed by atoms with Crippen LogP contribution in [0.4, 0.5) is 0 Å². The molecule has 2 heterocycles. The number of carbonyl (C=O) groups excluding carboxylic acids is 3. The lowest BCUT2D eigenvalue weighted by atomic mass is 10.1. The van der Waals surface area contributed by atoms with Gasteiger partial charge in [0.15, 0.2) is 11.5 Å². The monoisotopic (exact) mass is 409 g/mol. The molecule has 0 unspecified atom stereocenters. The smallest absolute Gasteiger partial charge is 0.260 e. The lowest BCUT2D eigenvalue weighted by Crippen LogP contribution is -2.49. The minimum Gasteiger partial charge on any atom is -0.454 e. The predicted octanol–water partition coefficient (Wildman–Crippen LogP) is 1.67. The molecule has 30 heavy (non-hydrogen) atoms. The van der Waals surface area contributed by atoms with E-state index in [0.717, 1.165) is 11.1 Å². The third kappa shape index (κ3) is 4.22. The van der Waals surface area contributed by atoms with Crippen LogP contribution in [0.2, 0.25) is 0 Å². The molecule has 156 valence electrons. The lowest BCUT2D eigenvalue weighted by Gasteiger charge is -2.28. The fourth-order valence-electron chi connectivity index (χ4n) is 3.58. The molecule has 0 aromatic heterocycles. The van der Waals surface area contributed by atoms with E-state index in [4.69, 9.17) is 9.47 Å². The summed E-state index contributed by atoms with van der Waals surface area (Å²) in [5, 5.41) is 5.53. The van der Waals surface area contributed by atoms with Gasteiger partial charge in [-0.2, -0.15) is 0 Å². The van der Waals surface area contributed by atoms with Crippen LogP contribution in [0.1, 0.15) is 27.9 Å². The van der Waals surface area contributed by atoms with Crippen molar-refractivity contribution in [3.8, 4) is 11.5 Å². The summed E-state index contributed by atoms with van der Waals surface area (Å²) in [6.45, 7) is 2.83. The number of hydrazine groups is 1. The summed E-state index contributed by atoms with van der Waals surface area (Å²) < 4.78 is 10.6. The third-order valence-corrected chi connectivity index (χ3v) is 5.08. The van der Waals surface area contributed by atoms with Gasteiger partial charge in [-0.05, 0) is 43.2 Å². The Morgan fingerprint density at radius 3 is 2.53 bits per heavy atom. The van der Waals surface area contributed by atoms with Crippen molar-refractivity contribution in [3.05, 3.63) is 59.2 Å². The van der Waals surface area contributed by atoms with Crippen molar-refractivity contribution < 1.29 is 23.9 Å². The number of nitrogens with one attached hydrogen (secondary N) is 1. The van der Waals surface area contributed by atoms with E-state index in [2.05, 4.69) is 5.32 Å². The molecule has 0 aliphatic carbocycles. The number of hydrogen-bond acceptors (Lipinski definition) is 5. The zero-order valence-electron chi connectivity index (χ0n) is 16.7. The first-order valence-electron chi connectivity index (χ1n) is 9.85. The van der Waals surface area contributed by atoms with Crippen molar-refractivity contribution in [2.75, 3.05) is 26.4 Å². The number of nitrogens with zero attached hydrogens (tertiary/aromatic N) is 2. The second-order valence-electron chi connectivity index (χ2n) is 7.30. The lowest BCUT2D eigenvalue weighted by molar-refractivity contribution is -0.156. The first-order valence-corrected chi connectivity index (χ1v) is 9.85. The molecule has 0 atom stereocenters. The highest BCUT2D eigenvalue weighted by Crippen LogP contribution is 2.32. The maximum absolute atomic E-state index is 12.8. The van der Waals surface area contributed by atoms with Crippen molar-refractivity contribution in [2.24, 2.45) is 0 Å². The van der Waals surface area contributed by atoms with Gasteiger partial charge in [0.2, 0.25) is 12.7 Å². The molecule has 3 amide bonds. The molecule has 0 saturated carbocycles. The van der Waals surface area contributed by atoms with Gasteiger partial charge in [0.1, 0.15) is 0 Å². The van der Waals surface area contributed by atoms with Crippen LogP contribution >= 0.6 is 0 Å². The predicted molar refractivity (Wildman–Crippen MR) is 108 cm³/mol. The zero-order chi connectivity index (χ0) is 21.1. The van der Waals surface area contributed by atoms with E-state index in [9.17, 15) is 14.4 Å². The largest absolute Gasteiger partial charge is 0.454 e. The van der Waals surface area contributed by atoms with E-state index < -0.39 is 0 Å². The SMILES string of the molecule is Cc1cccc(C(=O)NCC(=O)N2CCCN2C(=O)Cc2ccc3c(c2)OCO3)c1. The quantitative estimate of drug-likeness (QED) is 0.812. The van der Waals surface area contributed by atoms with Gasteiger partial charge in [-0.1, -0.05) is 23.8 Å². The first-order chi connectivity index (χ1) is 14.5. The number of hydrogen-bond donors (Lipinski definition) is 1. The Morgan fingerprint density at radius 2 is 1.73 bits per heavy atom. The molecule has 8 heteroatoms. The van der Waals surface area contributed by atoms with Crippen LogP contribution in [0.25, 0.3) is 0 Å². The van der Waals surface area contributed by atoms with Crippen LogP contribution in [0.3, 0.4) is 0 Å². The summed E-state index contributed by atoms with van der Waals surface area (Å²) >= 11 is 0. The topological polar surface area (TPSA) is 88.2 Å². The summed E-state index contributed by atoms with van der Waals surface area (Å²) in [4.78, 5) is 37.7. The molecule has 0 spiro atoms. The molecule has 4 rings (SSSR count). The average Bonchev–Trinajstić information content (AvgIpc) is 3.41. The molecule has 2 aromatic carbocycles. The highest BCUT2D eigenvalue weighted by molar-refractivity contribution is 5.96. The first kappa shape index (κ1) is 19.8. The minimum absolute atomic E-state index is 0.149. The molecule has 2 aliphatic rings. The Balaban J connectivity index is 1.35. The van der Waals surface area contributed by atoms with E-state index in [1.807, 2.05) is 19.1 Å². The number of amides is 3. The number of fused-ring (bicyclic) bond motifs is 1. The molecule has 0 radical (unpaired) electrons. The Labute approximate surface area is 174 Å². The van der Waals surface area contributed by atoms with E-state index in [1.165, 1.54) is 10.0 Å². The molecular weight excluding hydrogens is 386 g/mol. The van der Waals surface area contributed by atoms with Gasteiger partial charge in [0.05, 0.1) is 13.0 Å². The number of carbonyl (C=O) groups is 3. The Bertz CT molecular complexity index is 990. The second kappa shape index (κ2) is 8.44. The summed E-state index contributed by atoms with van der Waals surface area (Å²) in [6.07, 6.45) is 0.848. The van der Waals surface area contributed by atoms with Crippen molar-refractivity contribution >= 4 is 17.7 Å². The summed E-state index contributed by atoms with van der Waals surface area (Å²) in [6, 6.07) is 12.5. The summed E-state index contributed by atoms with van der Waals surface area (Å²) in [5.74, 6) is 0.476. The van der Waals surface area contributed by atoms with Gasteiger partial charge >= 0.3 is 0 Å². The number of rotatable bonds is 5. The van der Waals surface area contributed by atoms with E-state index in [0.29, 0.717) is 36.6 Å². The Kier molecular flexibility index (Phi) is 5.56. The standard InChI is InChI=1S/C22H23N3O5/c1-15-4-2-5-17(10-15)22(28)23-13-21(27)25-9-3-8-24(25)20(26)12-16-6-7-18-19(11-16)30-14-29-18/h2,4-7,10-11H,3,8-9,12-14H2,1H3,(H,23,28). The van der Waals surface area contributed by atoms with Gasteiger partial charge in [-0.25, -0.2) is 5.01 Å². The van der Waals surface area contributed by atoms with Gasteiger partial charge in [0.25, 0.3) is 11.8 Å². The molecular formula is C22H23N3O5. The van der Waals surface area contributed by atoms with Crippen LogP contribution in [0, 0.1) is 6.92 Å². The van der Waals surface area contributed by atoms with Gasteiger partial charge < -0.3 is 14.8 Å². The van der Waals surface area contributed by atoms with Crippen molar-refractivity contribution in [1.82, 2.24) is 15.3 Å². The molecule has 1 saturated heterocycles. The number of benzene rings is 2. The highest BCUT2D eigenvalue weighted by atomic mass is 16.7. The fraction of sp³-hybridized carbons (Fsp3) is 0.318. The van der Waals surface area contributed by atoms with Gasteiger partial charge in [0, 0.05) is 18.7 Å². The number of aryl methyl sites for hydroxylation is 1. The molecule has 0 bridgehead atoms. The second-order valence-corrected chi connectivity index (χ2v) is 7.30. The van der Waals surface area contributed by atoms with Crippen LogP contribution in [-0.2, 0) is 16.0 Å². The van der Waals surface area contributed by atoms with Gasteiger partial charge in [-0.3, -0.25) is 19.4 Å². The molecule has 2 aromatic rings. The molecule has 8 nitrogen and oxygen atoms in total. The van der Waals surface area contributed by atoms with E-state index in [-0.39, 0.29) is 37.5 Å². The minimum atomic E-state index is -0.315. The van der Waals surface area contributed by atoms with Crippen molar-refractivity contribution in [2.45, 2.75) is 19.8 Å². The maximum atomic E-state index is 12.8. The van der Waals surface area contributed by atoms with Crippen LogP contribution < -0.4 is 14.8 Å². The Morgan fingerprint density at radius 1 is 0.967 bits per heavy atom. The fourth-order valence-corrected chi connectivity index (χ4v) is 3.58. The zero-order valence-corrected chi connectivity index (χ0v) is 16.7. The molecule has 2 aliphatic heterocycles. The van der Waals surface area contributed by atoms with Crippen LogP contribution in [0.5, 0.6) is 11.5 Å². The van der Waals surface area contributed by atoms with Crippen molar-refractivity contribution in [1.29, 1.82) is 0 Å². The highest BCUT2D eigenvalue weighted by Gasteiger charge is 2.30. The van der Waals surface area contributed by atoms with E-state index >= 15 is 0 Å². The summed E-state index contributed by atoms with van der Waals surface area (Å²) in [5.41, 5.74) is 2.25. The van der Waals surface area contributed by atoms with Crippen LogP contribution in [-0.4, -0.2) is 54.2 Å². The average molecular weight is 409 g/mol. The van der Waals surface area contributed by atoms with E-state index in [1.54, 1.807) is 30.3 Å². The van der Waals surface area contributed by atoms with Crippen LogP contribution in [0.15, 0.2) is 42.5 Å². The van der Waals surface area contributed by atoms with Gasteiger partial charge in [-0.15, -0.1) is 0 Å². The third-order valence-electron chi connectivity index (χ3n) is 5.08. The Hall–Kier alpha value is -3.55. The molecule has 1 fully saturated rings. The normalized spacial score (nSPS) is 14.7. The summed E-state index contributed by atoms with van der Waals surface area (Å²) in [7, 11) is 0. The maximum Gasteiger partial charge on any atom is 0.260 e. The van der Waals surface area contributed by atoms with Crippen molar-refractivity contribution in [3.63, 3.8) is 0 Å². The number of ether oxygens (including phenoxy) is 2.